The van der Waals surface area contributed by atoms with E-state index in [4.69, 9.17) is 4.74 Å². The van der Waals surface area contributed by atoms with Crippen LogP contribution in [0, 0.1) is 12.8 Å². The van der Waals surface area contributed by atoms with E-state index in [1.54, 1.807) is 7.11 Å². The van der Waals surface area contributed by atoms with E-state index in [-0.39, 0.29) is 6.10 Å². The number of nitrogens with one attached hydrogen (secondary N) is 1. The van der Waals surface area contributed by atoms with Crippen molar-refractivity contribution in [1.82, 2.24) is 9.97 Å². The second-order valence-electron chi connectivity index (χ2n) is 4.94. The fourth-order valence-electron chi connectivity index (χ4n) is 2.41. The zero-order chi connectivity index (χ0) is 13.1. The molecule has 0 spiro atoms. The lowest BCUT2D eigenvalue weighted by atomic mass is 9.95. The van der Waals surface area contributed by atoms with Crippen LogP contribution in [-0.2, 0) is 4.74 Å². The topological polar surface area (TPSA) is 50.3 Å². The number of nitrogens with zero attached hydrogens (tertiary/aromatic N) is 3. The fourth-order valence-corrected chi connectivity index (χ4v) is 2.41. The molecule has 2 rings (SSSR count). The first-order chi connectivity index (χ1) is 8.65. The molecule has 2 atom stereocenters. The Kier molecular flexibility index (Phi) is 4.01. The molecule has 0 aromatic carbocycles. The van der Waals surface area contributed by atoms with Crippen LogP contribution in [0.15, 0.2) is 6.20 Å². The molecule has 2 unspecified atom stereocenters. The van der Waals surface area contributed by atoms with Crippen LogP contribution in [0.5, 0.6) is 0 Å². The van der Waals surface area contributed by atoms with Gasteiger partial charge in [0.05, 0.1) is 6.10 Å². The molecule has 0 saturated carbocycles. The summed E-state index contributed by atoms with van der Waals surface area (Å²) in [7, 11) is 3.63. The Morgan fingerprint density at radius 3 is 2.94 bits per heavy atom. The van der Waals surface area contributed by atoms with Crippen LogP contribution in [0.3, 0.4) is 0 Å². The largest absolute Gasteiger partial charge is 0.379 e. The highest BCUT2D eigenvalue weighted by molar-refractivity contribution is 5.49. The second-order valence-corrected chi connectivity index (χ2v) is 4.94. The van der Waals surface area contributed by atoms with Gasteiger partial charge >= 0.3 is 0 Å². The van der Waals surface area contributed by atoms with Gasteiger partial charge in [0, 0.05) is 39.0 Å². The van der Waals surface area contributed by atoms with Crippen molar-refractivity contribution < 1.29 is 4.74 Å². The molecule has 5 nitrogen and oxygen atoms in total. The van der Waals surface area contributed by atoms with Gasteiger partial charge in [-0.1, -0.05) is 6.92 Å². The lowest BCUT2D eigenvalue weighted by Crippen LogP contribution is -2.44. The third-order valence-electron chi connectivity index (χ3n) is 3.66. The quantitative estimate of drug-likeness (QED) is 0.884. The zero-order valence-corrected chi connectivity index (χ0v) is 11.6. The van der Waals surface area contributed by atoms with Crippen molar-refractivity contribution >= 4 is 11.8 Å². The number of piperidine rings is 1. The van der Waals surface area contributed by atoms with E-state index in [0.717, 1.165) is 30.9 Å². The van der Waals surface area contributed by atoms with Gasteiger partial charge in [-0.05, 0) is 19.3 Å². The fraction of sp³-hybridized carbons (Fsp3) is 0.692. The molecule has 1 fully saturated rings. The molecule has 0 radical (unpaired) electrons. The van der Waals surface area contributed by atoms with Crippen molar-refractivity contribution in [2.45, 2.75) is 26.4 Å². The predicted octanol–water partition coefficient (Wildman–Crippen LogP) is 1.69. The number of anilines is 2. The van der Waals surface area contributed by atoms with E-state index in [0.29, 0.717) is 11.9 Å². The van der Waals surface area contributed by atoms with Crippen LogP contribution in [0.1, 0.15) is 18.9 Å². The summed E-state index contributed by atoms with van der Waals surface area (Å²) in [5, 5.41) is 2.99. The highest BCUT2D eigenvalue weighted by atomic mass is 16.5. The van der Waals surface area contributed by atoms with Gasteiger partial charge in [0.15, 0.2) is 0 Å². The molecule has 1 aromatic rings. The highest BCUT2D eigenvalue weighted by Gasteiger charge is 2.27. The Morgan fingerprint density at radius 1 is 1.50 bits per heavy atom. The number of aryl methyl sites for hydroxylation is 1. The number of ether oxygens (including phenoxy) is 1. The minimum Gasteiger partial charge on any atom is -0.379 e. The minimum absolute atomic E-state index is 0.283. The first-order valence-corrected chi connectivity index (χ1v) is 6.44. The highest BCUT2D eigenvalue weighted by Crippen LogP contribution is 2.26. The number of rotatable bonds is 3. The SMILES string of the molecule is CNc1ncc(C)c(N2CCC(C)C(OC)C2)n1. The lowest BCUT2D eigenvalue weighted by molar-refractivity contribution is 0.0496. The molecule has 1 aliphatic rings. The van der Waals surface area contributed by atoms with E-state index < -0.39 is 0 Å². The van der Waals surface area contributed by atoms with Crippen LogP contribution in [0.25, 0.3) is 0 Å². The van der Waals surface area contributed by atoms with Crippen molar-refractivity contribution in [3.63, 3.8) is 0 Å². The molecule has 0 bridgehead atoms. The minimum atomic E-state index is 0.283. The first-order valence-electron chi connectivity index (χ1n) is 6.44. The molecule has 0 amide bonds. The monoisotopic (exact) mass is 250 g/mol. The molecular formula is C13H22N4O. The third-order valence-corrected chi connectivity index (χ3v) is 3.66. The second kappa shape index (κ2) is 5.52. The summed E-state index contributed by atoms with van der Waals surface area (Å²) < 4.78 is 5.55. The van der Waals surface area contributed by atoms with Crippen molar-refractivity contribution in [2.24, 2.45) is 5.92 Å². The van der Waals surface area contributed by atoms with Crippen LogP contribution in [-0.4, -0.2) is 43.3 Å². The van der Waals surface area contributed by atoms with E-state index in [2.05, 4.69) is 34.0 Å². The standard InChI is InChI=1S/C13H22N4O/c1-9-5-6-17(8-11(9)18-4)12-10(2)7-15-13(14-3)16-12/h7,9,11H,5-6,8H2,1-4H3,(H,14,15,16). The first kappa shape index (κ1) is 13.1. The molecule has 1 aliphatic heterocycles. The average Bonchev–Trinajstić information content (AvgIpc) is 2.40. The molecule has 1 aromatic heterocycles. The van der Waals surface area contributed by atoms with Gasteiger partial charge < -0.3 is 15.0 Å². The maximum Gasteiger partial charge on any atom is 0.224 e. The van der Waals surface area contributed by atoms with Crippen molar-refractivity contribution in [3.05, 3.63) is 11.8 Å². The summed E-state index contributed by atoms with van der Waals surface area (Å²) in [6.07, 6.45) is 3.29. The Hall–Kier alpha value is -1.36. The summed E-state index contributed by atoms with van der Waals surface area (Å²) in [6, 6.07) is 0. The van der Waals surface area contributed by atoms with E-state index in [1.165, 1.54) is 0 Å². The molecule has 0 aliphatic carbocycles. The maximum atomic E-state index is 5.55. The Balaban J connectivity index is 2.20. The molecule has 100 valence electrons. The molecular weight excluding hydrogens is 228 g/mol. The Morgan fingerprint density at radius 2 is 2.28 bits per heavy atom. The summed E-state index contributed by atoms with van der Waals surface area (Å²) in [5.41, 5.74) is 1.11. The van der Waals surface area contributed by atoms with E-state index in [1.807, 2.05) is 13.2 Å². The zero-order valence-electron chi connectivity index (χ0n) is 11.6. The Labute approximate surface area is 109 Å². The van der Waals surface area contributed by atoms with Crippen molar-refractivity contribution in [2.75, 3.05) is 37.5 Å². The smallest absolute Gasteiger partial charge is 0.224 e. The molecule has 18 heavy (non-hydrogen) atoms. The summed E-state index contributed by atoms with van der Waals surface area (Å²) in [4.78, 5) is 11.1. The number of hydrogen-bond donors (Lipinski definition) is 1. The Bertz CT molecular complexity index is 410. The van der Waals surface area contributed by atoms with Gasteiger partial charge in [0.25, 0.3) is 0 Å². The van der Waals surface area contributed by atoms with Gasteiger partial charge in [-0.25, -0.2) is 4.98 Å². The van der Waals surface area contributed by atoms with Crippen molar-refractivity contribution in [1.29, 1.82) is 0 Å². The van der Waals surface area contributed by atoms with Gasteiger partial charge in [-0.15, -0.1) is 0 Å². The molecule has 1 saturated heterocycles. The maximum absolute atomic E-state index is 5.55. The normalized spacial score (nSPS) is 24.1. The van der Waals surface area contributed by atoms with Gasteiger partial charge in [-0.2, -0.15) is 4.98 Å². The predicted molar refractivity (Wildman–Crippen MR) is 73.1 cm³/mol. The van der Waals surface area contributed by atoms with E-state index in [9.17, 15) is 0 Å². The molecule has 5 heteroatoms. The summed E-state index contributed by atoms with van der Waals surface area (Å²) in [6.45, 7) is 6.23. The van der Waals surface area contributed by atoms with Gasteiger partial charge in [0.2, 0.25) is 5.95 Å². The lowest BCUT2D eigenvalue weighted by Gasteiger charge is -2.37. The van der Waals surface area contributed by atoms with Crippen LogP contribution < -0.4 is 10.2 Å². The summed E-state index contributed by atoms with van der Waals surface area (Å²) in [5.74, 6) is 2.30. The molecule has 1 N–H and O–H groups in total. The van der Waals surface area contributed by atoms with Crippen molar-refractivity contribution in [3.8, 4) is 0 Å². The number of aromatic nitrogens is 2. The summed E-state index contributed by atoms with van der Waals surface area (Å²) >= 11 is 0. The van der Waals surface area contributed by atoms with Crippen LogP contribution in [0.4, 0.5) is 11.8 Å². The van der Waals surface area contributed by atoms with Crippen LogP contribution in [0.2, 0.25) is 0 Å². The number of methoxy groups -OCH3 is 1. The van der Waals surface area contributed by atoms with Crippen LogP contribution >= 0.6 is 0 Å². The third kappa shape index (κ3) is 2.56. The van der Waals surface area contributed by atoms with Gasteiger partial charge in [0.1, 0.15) is 5.82 Å². The average molecular weight is 250 g/mol. The molecule has 2 heterocycles. The van der Waals surface area contributed by atoms with Gasteiger partial charge in [-0.3, -0.25) is 0 Å². The number of hydrogen-bond acceptors (Lipinski definition) is 5. The van der Waals surface area contributed by atoms with E-state index >= 15 is 0 Å².